The van der Waals surface area contributed by atoms with Crippen molar-refractivity contribution in [2.24, 2.45) is 0 Å². The summed E-state index contributed by atoms with van der Waals surface area (Å²) >= 11 is 0. The molecule has 108 valence electrons. The molecule has 0 aliphatic rings. The maximum atomic E-state index is 5.91. The monoisotopic (exact) mass is 275 g/mol. The van der Waals surface area contributed by atoms with Gasteiger partial charge in [-0.05, 0) is 20.0 Å². The van der Waals surface area contributed by atoms with Gasteiger partial charge in [-0.15, -0.1) is 0 Å². The highest BCUT2D eigenvalue weighted by Gasteiger charge is 2.11. The van der Waals surface area contributed by atoms with Gasteiger partial charge in [0.1, 0.15) is 18.1 Å². The molecule has 0 amide bonds. The Kier molecular flexibility index (Phi) is 5.01. The topological polar surface area (TPSA) is 48.3 Å². The molecule has 0 bridgehead atoms. The van der Waals surface area contributed by atoms with Gasteiger partial charge in [-0.25, -0.2) is 4.98 Å². The summed E-state index contributed by atoms with van der Waals surface area (Å²) in [5.41, 5.74) is 1.12. The molecule has 1 unspecified atom stereocenters. The van der Waals surface area contributed by atoms with E-state index in [9.17, 15) is 0 Å². The number of nitrogens with zero attached hydrogens (tertiary/aromatic N) is 2. The van der Waals surface area contributed by atoms with E-state index in [1.54, 1.807) is 19.6 Å². The second kappa shape index (κ2) is 6.96. The third kappa shape index (κ3) is 3.51. The normalized spacial score (nSPS) is 12.2. The van der Waals surface area contributed by atoms with Crippen LogP contribution in [-0.2, 0) is 6.54 Å². The van der Waals surface area contributed by atoms with Gasteiger partial charge in [0.15, 0.2) is 0 Å². The maximum absolute atomic E-state index is 5.91. The molecule has 0 aliphatic carbocycles. The molecule has 1 aromatic carbocycles. The van der Waals surface area contributed by atoms with Crippen LogP contribution in [0.25, 0.3) is 0 Å². The number of benzene rings is 1. The standard InChI is InChI=1S/C15H21N3O2/c1-12(16-2)14-5-4-13(19-3)10-15(14)20-9-8-18-7-6-17-11-18/h4-7,10-12,16H,8-9H2,1-3H3. The molecule has 1 heterocycles. The van der Waals surface area contributed by atoms with Crippen molar-refractivity contribution >= 4 is 0 Å². The molecule has 0 saturated heterocycles. The van der Waals surface area contributed by atoms with Gasteiger partial charge in [-0.1, -0.05) is 6.07 Å². The van der Waals surface area contributed by atoms with Crippen LogP contribution in [0.3, 0.4) is 0 Å². The highest BCUT2D eigenvalue weighted by atomic mass is 16.5. The van der Waals surface area contributed by atoms with E-state index >= 15 is 0 Å². The number of ether oxygens (including phenoxy) is 2. The first-order valence-electron chi connectivity index (χ1n) is 6.68. The molecule has 5 nitrogen and oxygen atoms in total. The SMILES string of the molecule is CNC(C)c1ccc(OC)cc1OCCn1ccnc1. The van der Waals surface area contributed by atoms with E-state index in [0.717, 1.165) is 23.6 Å². The predicted molar refractivity (Wildman–Crippen MR) is 78.2 cm³/mol. The highest BCUT2D eigenvalue weighted by Crippen LogP contribution is 2.29. The summed E-state index contributed by atoms with van der Waals surface area (Å²) in [5, 5.41) is 3.23. The van der Waals surface area contributed by atoms with Crippen molar-refractivity contribution in [3.63, 3.8) is 0 Å². The third-order valence-corrected chi connectivity index (χ3v) is 3.29. The zero-order valence-corrected chi connectivity index (χ0v) is 12.2. The summed E-state index contributed by atoms with van der Waals surface area (Å²) in [7, 11) is 3.59. The van der Waals surface area contributed by atoms with Crippen LogP contribution in [0.1, 0.15) is 18.5 Å². The number of rotatable bonds is 7. The van der Waals surface area contributed by atoms with Crippen LogP contribution >= 0.6 is 0 Å². The minimum atomic E-state index is 0.226. The molecule has 5 heteroatoms. The summed E-state index contributed by atoms with van der Waals surface area (Å²) in [5.74, 6) is 1.65. The first-order valence-corrected chi connectivity index (χ1v) is 6.68. The van der Waals surface area contributed by atoms with Gasteiger partial charge < -0.3 is 19.4 Å². The molecule has 0 aliphatic heterocycles. The second-order valence-corrected chi connectivity index (χ2v) is 4.56. The molecule has 1 N–H and O–H groups in total. The molecular formula is C15H21N3O2. The lowest BCUT2D eigenvalue weighted by Crippen LogP contribution is -2.15. The van der Waals surface area contributed by atoms with Gasteiger partial charge >= 0.3 is 0 Å². The van der Waals surface area contributed by atoms with E-state index in [1.165, 1.54) is 0 Å². The Balaban J connectivity index is 2.07. The molecule has 0 saturated carbocycles. The van der Waals surface area contributed by atoms with E-state index in [0.29, 0.717) is 6.61 Å². The Morgan fingerprint density at radius 1 is 1.40 bits per heavy atom. The van der Waals surface area contributed by atoms with Crippen LogP contribution in [0.2, 0.25) is 0 Å². The van der Waals surface area contributed by atoms with Crippen molar-refractivity contribution in [2.45, 2.75) is 19.5 Å². The molecule has 0 spiro atoms. The van der Waals surface area contributed by atoms with Crippen LogP contribution in [0.15, 0.2) is 36.9 Å². The van der Waals surface area contributed by atoms with Gasteiger partial charge in [0.2, 0.25) is 0 Å². The van der Waals surface area contributed by atoms with Crippen LogP contribution in [-0.4, -0.2) is 30.3 Å². The number of aromatic nitrogens is 2. The minimum Gasteiger partial charge on any atom is -0.497 e. The molecule has 1 aromatic heterocycles. The van der Waals surface area contributed by atoms with Gasteiger partial charge in [-0.2, -0.15) is 0 Å². The highest BCUT2D eigenvalue weighted by molar-refractivity contribution is 5.42. The van der Waals surface area contributed by atoms with E-state index in [4.69, 9.17) is 9.47 Å². The van der Waals surface area contributed by atoms with Crippen LogP contribution < -0.4 is 14.8 Å². The van der Waals surface area contributed by atoms with Crippen molar-refractivity contribution in [3.8, 4) is 11.5 Å². The Hall–Kier alpha value is -2.01. The van der Waals surface area contributed by atoms with Crippen LogP contribution in [0, 0.1) is 0 Å². The largest absolute Gasteiger partial charge is 0.497 e. The van der Waals surface area contributed by atoms with Crippen molar-refractivity contribution in [1.82, 2.24) is 14.9 Å². The first-order chi connectivity index (χ1) is 9.74. The fourth-order valence-corrected chi connectivity index (χ4v) is 1.96. The van der Waals surface area contributed by atoms with Gasteiger partial charge in [-0.3, -0.25) is 0 Å². The van der Waals surface area contributed by atoms with Gasteiger partial charge in [0.25, 0.3) is 0 Å². The lowest BCUT2D eigenvalue weighted by Gasteiger charge is -2.17. The van der Waals surface area contributed by atoms with E-state index in [-0.39, 0.29) is 6.04 Å². The van der Waals surface area contributed by atoms with Crippen molar-refractivity contribution in [3.05, 3.63) is 42.5 Å². The Morgan fingerprint density at radius 2 is 2.25 bits per heavy atom. The summed E-state index contributed by atoms with van der Waals surface area (Å²) in [6.07, 6.45) is 5.47. The van der Waals surface area contributed by atoms with Crippen molar-refractivity contribution in [1.29, 1.82) is 0 Å². The average Bonchev–Trinajstić information content (AvgIpc) is 2.99. The minimum absolute atomic E-state index is 0.226. The average molecular weight is 275 g/mol. The molecule has 0 radical (unpaired) electrons. The predicted octanol–water partition coefficient (Wildman–Crippen LogP) is 2.25. The number of imidazole rings is 1. The van der Waals surface area contributed by atoms with Crippen LogP contribution in [0.5, 0.6) is 11.5 Å². The third-order valence-electron chi connectivity index (χ3n) is 3.29. The molecule has 2 rings (SSSR count). The summed E-state index contributed by atoms with van der Waals surface area (Å²) < 4.78 is 13.2. The molecular weight excluding hydrogens is 254 g/mol. The zero-order valence-electron chi connectivity index (χ0n) is 12.2. The van der Waals surface area contributed by atoms with Crippen LogP contribution in [0.4, 0.5) is 0 Å². The number of methoxy groups -OCH3 is 1. The van der Waals surface area contributed by atoms with E-state index in [2.05, 4.69) is 17.2 Å². The number of hydrogen-bond acceptors (Lipinski definition) is 4. The number of hydrogen-bond donors (Lipinski definition) is 1. The summed E-state index contributed by atoms with van der Waals surface area (Å²) in [4.78, 5) is 4.01. The molecule has 0 fully saturated rings. The summed E-state index contributed by atoms with van der Waals surface area (Å²) in [6.45, 7) is 3.46. The molecule has 2 aromatic rings. The zero-order chi connectivity index (χ0) is 14.4. The smallest absolute Gasteiger partial charge is 0.127 e. The second-order valence-electron chi connectivity index (χ2n) is 4.56. The van der Waals surface area contributed by atoms with E-state index < -0.39 is 0 Å². The first kappa shape index (κ1) is 14.4. The fourth-order valence-electron chi connectivity index (χ4n) is 1.96. The molecule has 1 atom stereocenters. The Labute approximate surface area is 119 Å². The quantitative estimate of drug-likeness (QED) is 0.842. The van der Waals surface area contributed by atoms with Gasteiger partial charge in [0.05, 0.1) is 20.0 Å². The van der Waals surface area contributed by atoms with Crippen molar-refractivity contribution in [2.75, 3.05) is 20.8 Å². The lowest BCUT2D eigenvalue weighted by molar-refractivity contribution is 0.291. The Bertz CT molecular complexity index is 526. The summed E-state index contributed by atoms with van der Waals surface area (Å²) in [6, 6.07) is 6.14. The molecule has 20 heavy (non-hydrogen) atoms. The van der Waals surface area contributed by atoms with Gasteiger partial charge in [0, 0.05) is 30.1 Å². The van der Waals surface area contributed by atoms with E-state index in [1.807, 2.05) is 36.0 Å². The maximum Gasteiger partial charge on any atom is 0.127 e. The number of nitrogens with one attached hydrogen (secondary N) is 1. The lowest BCUT2D eigenvalue weighted by atomic mass is 10.1. The van der Waals surface area contributed by atoms with Crippen molar-refractivity contribution < 1.29 is 9.47 Å². The Morgan fingerprint density at radius 3 is 2.90 bits per heavy atom. The fraction of sp³-hybridized carbons (Fsp3) is 0.400.